The van der Waals surface area contributed by atoms with Crippen LogP contribution in [0.4, 0.5) is 5.95 Å². The molecule has 5 rings (SSSR count). The zero-order chi connectivity index (χ0) is 25.9. The van der Waals surface area contributed by atoms with Gasteiger partial charge in [0.2, 0.25) is 5.95 Å². The van der Waals surface area contributed by atoms with Gasteiger partial charge in [-0.05, 0) is 55.9 Å². The molecule has 0 spiro atoms. The Kier molecular flexibility index (Phi) is 7.59. The smallest absolute Gasteiger partial charge is 0.276 e. The number of piperidine rings is 1. The van der Waals surface area contributed by atoms with Gasteiger partial charge in [-0.25, -0.2) is 24.1 Å². The van der Waals surface area contributed by atoms with Crippen LogP contribution in [0.2, 0.25) is 0 Å². The fraction of sp³-hybridized carbons (Fsp3) is 0.333. The SMILES string of the molecule is C=C(C)c1cnc(N2CCC(C(C)Oc3nc4ccc(-c5ccc(CS(=O)O)cc5)nc4s3)CC2)nc1. The summed E-state index contributed by atoms with van der Waals surface area (Å²) in [7, 11) is 0. The van der Waals surface area contributed by atoms with Crippen LogP contribution in [-0.2, 0) is 16.8 Å². The monoisotopic (exact) mass is 535 g/mol. The number of aromatic nitrogens is 4. The minimum Gasteiger partial charge on any atom is -0.467 e. The lowest BCUT2D eigenvalue weighted by molar-refractivity contribution is 0.132. The minimum atomic E-state index is -1.85. The number of fused-ring (bicyclic) bond motifs is 1. The van der Waals surface area contributed by atoms with Crippen LogP contribution in [-0.4, -0.2) is 47.9 Å². The van der Waals surface area contributed by atoms with Crippen molar-refractivity contribution in [3.8, 4) is 16.5 Å². The third kappa shape index (κ3) is 6.03. The fourth-order valence-corrected chi connectivity index (χ4v) is 5.80. The van der Waals surface area contributed by atoms with Crippen molar-refractivity contribution in [2.24, 2.45) is 5.92 Å². The van der Waals surface area contributed by atoms with E-state index in [1.54, 1.807) is 0 Å². The second-order valence-corrected chi connectivity index (χ2v) is 11.2. The number of benzene rings is 1. The molecule has 0 amide bonds. The summed E-state index contributed by atoms with van der Waals surface area (Å²) in [6, 6.07) is 11.4. The molecule has 8 nitrogen and oxygen atoms in total. The summed E-state index contributed by atoms with van der Waals surface area (Å²) in [5.41, 5.74) is 5.33. The predicted molar refractivity (Wildman–Crippen MR) is 149 cm³/mol. The average Bonchev–Trinajstić information content (AvgIpc) is 3.30. The molecule has 37 heavy (non-hydrogen) atoms. The number of pyridine rings is 1. The lowest BCUT2D eigenvalue weighted by Gasteiger charge is -2.34. The van der Waals surface area contributed by atoms with E-state index in [1.165, 1.54) is 11.3 Å². The van der Waals surface area contributed by atoms with E-state index < -0.39 is 11.1 Å². The highest BCUT2D eigenvalue weighted by Crippen LogP contribution is 2.32. The Labute approximate surface area is 222 Å². The van der Waals surface area contributed by atoms with Gasteiger partial charge in [0.05, 0.1) is 11.4 Å². The zero-order valence-electron chi connectivity index (χ0n) is 20.8. The van der Waals surface area contributed by atoms with Gasteiger partial charge in [-0.2, -0.15) is 0 Å². The maximum Gasteiger partial charge on any atom is 0.276 e. The third-order valence-corrected chi connectivity index (χ3v) is 8.12. The van der Waals surface area contributed by atoms with Gasteiger partial charge < -0.3 is 14.2 Å². The van der Waals surface area contributed by atoms with Gasteiger partial charge in [0, 0.05) is 36.6 Å². The summed E-state index contributed by atoms with van der Waals surface area (Å²) in [6.45, 7) is 9.80. The van der Waals surface area contributed by atoms with E-state index in [2.05, 4.69) is 33.4 Å². The molecule has 192 valence electrons. The van der Waals surface area contributed by atoms with Crippen molar-refractivity contribution in [1.29, 1.82) is 0 Å². The maximum atomic E-state index is 11.0. The lowest BCUT2D eigenvalue weighted by Crippen LogP contribution is -2.39. The van der Waals surface area contributed by atoms with Crippen molar-refractivity contribution < 1.29 is 13.5 Å². The van der Waals surface area contributed by atoms with Crippen LogP contribution in [0.15, 0.2) is 55.4 Å². The Morgan fingerprint density at radius 1 is 1.16 bits per heavy atom. The minimum absolute atomic E-state index is 0.0403. The van der Waals surface area contributed by atoms with Gasteiger partial charge >= 0.3 is 0 Å². The number of nitrogens with zero attached hydrogens (tertiary/aromatic N) is 5. The summed E-state index contributed by atoms with van der Waals surface area (Å²) in [5, 5.41) is 0.633. The average molecular weight is 536 g/mol. The lowest BCUT2D eigenvalue weighted by atomic mass is 9.92. The first-order valence-corrected chi connectivity index (χ1v) is 14.3. The normalized spacial score (nSPS) is 16.0. The van der Waals surface area contributed by atoms with E-state index in [0.717, 1.165) is 70.2 Å². The first-order chi connectivity index (χ1) is 17.9. The molecular weight excluding hydrogens is 506 g/mol. The molecule has 2 atom stereocenters. The second kappa shape index (κ2) is 11.0. The van der Waals surface area contributed by atoms with E-state index in [0.29, 0.717) is 11.1 Å². The molecule has 4 aromatic rings. The fourth-order valence-electron chi connectivity index (χ4n) is 4.45. The van der Waals surface area contributed by atoms with E-state index in [4.69, 9.17) is 14.3 Å². The molecule has 3 aromatic heterocycles. The van der Waals surface area contributed by atoms with E-state index in [9.17, 15) is 4.21 Å². The molecule has 0 aliphatic carbocycles. The highest BCUT2D eigenvalue weighted by molar-refractivity contribution is 7.78. The second-order valence-electron chi connectivity index (χ2n) is 9.36. The first kappa shape index (κ1) is 25.4. The van der Waals surface area contributed by atoms with Gasteiger partial charge in [-0.15, -0.1) is 0 Å². The van der Waals surface area contributed by atoms with Gasteiger partial charge in [0.25, 0.3) is 5.19 Å². The molecule has 0 radical (unpaired) electrons. The summed E-state index contributed by atoms with van der Waals surface area (Å²) >= 11 is -0.395. The summed E-state index contributed by atoms with van der Waals surface area (Å²) in [4.78, 5) is 21.5. The Bertz CT molecular complexity index is 1410. The molecule has 1 aliphatic rings. The molecular formula is C27H29N5O3S2. The molecule has 1 aromatic carbocycles. The van der Waals surface area contributed by atoms with Crippen LogP contribution in [0.3, 0.4) is 0 Å². The molecule has 0 saturated carbocycles. The zero-order valence-corrected chi connectivity index (χ0v) is 22.5. The van der Waals surface area contributed by atoms with Crippen LogP contribution in [0.5, 0.6) is 5.19 Å². The van der Waals surface area contributed by atoms with E-state index >= 15 is 0 Å². The number of anilines is 1. The predicted octanol–water partition coefficient (Wildman–Crippen LogP) is 5.59. The van der Waals surface area contributed by atoms with Crippen molar-refractivity contribution in [2.45, 2.75) is 38.5 Å². The first-order valence-electron chi connectivity index (χ1n) is 12.2. The van der Waals surface area contributed by atoms with Gasteiger partial charge in [-0.1, -0.05) is 42.2 Å². The molecule has 1 N–H and O–H groups in total. The Hall–Kier alpha value is -3.21. The summed E-state index contributed by atoms with van der Waals surface area (Å²) in [6.07, 6.45) is 5.72. The van der Waals surface area contributed by atoms with Crippen molar-refractivity contribution in [1.82, 2.24) is 19.9 Å². The Morgan fingerprint density at radius 2 is 1.86 bits per heavy atom. The molecule has 1 fully saturated rings. The number of hydrogen-bond acceptors (Lipinski definition) is 8. The van der Waals surface area contributed by atoms with E-state index in [1.807, 2.05) is 55.7 Å². The number of allylic oxidation sites excluding steroid dienone is 1. The molecule has 2 unspecified atom stereocenters. The van der Waals surface area contributed by atoms with Crippen LogP contribution < -0.4 is 9.64 Å². The maximum absolute atomic E-state index is 11.0. The summed E-state index contributed by atoms with van der Waals surface area (Å²) < 4.78 is 26.4. The van der Waals surface area contributed by atoms with Crippen LogP contribution in [0, 0.1) is 5.92 Å². The van der Waals surface area contributed by atoms with Crippen LogP contribution >= 0.6 is 11.3 Å². The number of rotatable bonds is 8. The molecule has 1 aliphatic heterocycles. The van der Waals surface area contributed by atoms with Crippen molar-refractivity contribution in [3.05, 3.63) is 66.5 Å². The van der Waals surface area contributed by atoms with Crippen molar-refractivity contribution >= 4 is 44.3 Å². The molecule has 1 saturated heterocycles. The standard InChI is InChI=1S/C27H29N5O3S2/c1-17(2)22-14-28-26(29-15-22)32-12-10-20(11-13-32)18(3)35-27-31-24-9-8-23(30-25(24)36-27)21-6-4-19(5-7-21)16-37(33)34/h4-9,14-15,18,20H,1,10-13,16H2,2-3H3,(H,33,34). The number of hydrogen-bond donors (Lipinski definition) is 1. The third-order valence-electron chi connectivity index (χ3n) is 6.68. The van der Waals surface area contributed by atoms with Crippen LogP contribution in [0.25, 0.3) is 27.2 Å². The highest BCUT2D eigenvalue weighted by atomic mass is 32.2. The molecule has 0 bridgehead atoms. The molecule has 4 heterocycles. The number of ether oxygens (including phenoxy) is 1. The van der Waals surface area contributed by atoms with E-state index in [-0.39, 0.29) is 11.9 Å². The van der Waals surface area contributed by atoms with Gasteiger partial charge in [-0.3, -0.25) is 0 Å². The molecule has 10 heteroatoms. The van der Waals surface area contributed by atoms with Gasteiger partial charge in [0.15, 0.2) is 11.1 Å². The van der Waals surface area contributed by atoms with Crippen molar-refractivity contribution in [3.63, 3.8) is 0 Å². The van der Waals surface area contributed by atoms with Crippen molar-refractivity contribution in [2.75, 3.05) is 18.0 Å². The summed E-state index contributed by atoms with van der Waals surface area (Å²) in [5.74, 6) is 1.31. The van der Waals surface area contributed by atoms with Crippen LogP contribution in [0.1, 0.15) is 37.8 Å². The topological polar surface area (TPSA) is 101 Å². The number of thiazole rings is 1. The van der Waals surface area contributed by atoms with Gasteiger partial charge in [0.1, 0.15) is 16.5 Å². The Balaban J connectivity index is 1.20. The Morgan fingerprint density at radius 3 is 2.51 bits per heavy atom. The largest absolute Gasteiger partial charge is 0.467 e. The quantitative estimate of drug-likeness (QED) is 0.292. The highest BCUT2D eigenvalue weighted by Gasteiger charge is 2.27.